The smallest absolute Gasteiger partial charge is 0.0675 e. The van der Waals surface area contributed by atoms with Gasteiger partial charge in [-0.3, -0.25) is 0 Å². The first kappa shape index (κ1) is 13.2. The summed E-state index contributed by atoms with van der Waals surface area (Å²) >= 11 is 3.47. The van der Waals surface area contributed by atoms with Gasteiger partial charge in [0.15, 0.2) is 0 Å². The van der Waals surface area contributed by atoms with Gasteiger partial charge in [0.1, 0.15) is 0 Å². The van der Waals surface area contributed by atoms with Crippen LogP contribution < -0.4 is 0 Å². The molecule has 2 unspecified atom stereocenters. The highest BCUT2D eigenvalue weighted by molar-refractivity contribution is 9.10. The third kappa shape index (κ3) is 3.07. The first-order valence-corrected chi connectivity index (χ1v) is 6.21. The van der Waals surface area contributed by atoms with Crippen LogP contribution in [0.15, 0.2) is 28.7 Å². The molecule has 0 saturated carbocycles. The van der Waals surface area contributed by atoms with E-state index in [0.717, 1.165) is 10.9 Å². The zero-order valence-electron chi connectivity index (χ0n) is 9.94. The minimum Gasteiger partial charge on any atom is -0.301 e. The number of halogens is 1. The molecule has 0 aliphatic carbocycles. The third-order valence-corrected chi connectivity index (χ3v) is 3.23. The highest BCUT2D eigenvalue weighted by Gasteiger charge is 2.23. The molecule has 0 spiro atoms. The lowest BCUT2D eigenvalue weighted by Gasteiger charge is -2.28. The van der Waals surface area contributed by atoms with Gasteiger partial charge in [-0.1, -0.05) is 35.0 Å². The van der Waals surface area contributed by atoms with Crippen molar-refractivity contribution in [2.45, 2.75) is 19.4 Å². The summed E-state index contributed by atoms with van der Waals surface area (Å²) in [7, 11) is 4.04. The van der Waals surface area contributed by atoms with Gasteiger partial charge >= 0.3 is 0 Å². The van der Waals surface area contributed by atoms with Crippen molar-refractivity contribution in [1.29, 1.82) is 5.26 Å². The van der Waals surface area contributed by atoms with Crippen LogP contribution >= 0.6 is 15.9 Å². The fourth-order valence-corrected chi connectivity index (χ4v) is 2.38. The third-order valence-electron chi connectivity index (χ3n) is 2.73. The van der Waals surface area contributed by atoms with Crippen LogP contribution in [0, 0.1) is 17.2 Å². The van der Waals surface area contributed by atoms with Crippen LogP contribution in [0.3, 0.4) is 0 Å². The normalized spacial score (nSPS) is 14.5. The van der Waals surface area contributed by atoms with E-state index in [1.165, 1.54) is 5.56 Å². The van der Waals surface area contributed by atoms with Gasteiger partial charge in [0, 0.05) is 4.47 Å². The van der Waals surface area contributed by atoms with Gasteiger partial charge in [-0.2, -0.15) is 5.26 Å². The Morgan fingerprint density at radius 1 is 1.44 bits per heavy atom. The Hall–Kier alpha value is -0.850. The van der Waals surface area contributed by atoms with E-state index in [1.807, 2.05) is 26.2 Å². The highest BCUT2D eigenvalue weighted by Crippen LogP contribution is 2.30. The summed E-state index contributed by atoms with van der Waals surface area (Å²) in [4.78, 5) is 2.11. The quantitative estimate of drug-likeness (QED) is 0.843. The predicted octanol–water partition coefficient (Wildman–Crippen LogP) is 3.60. The van der Waals surface area contributed by atoms with E-state index in [2.05, 4.69) is 46.0 Å². The molecule has 0 fully saturated rings. The topological polar surface area (TPSA) is 27.0 Å². The van der Waals surface area contributed by atoms with Crippen LogP contribution in [0.5, 0.6) is 0 Å². The average Bonchev–Trinajstić information content (AvgIpc) is 2.24. The van der Waals surface area contributed by atoms with Crippen LogP contribution in [-0.4, -0.2) is 19.0 Å². The molecule has 2 nitrogen and oxygen atoms in total. The van der Waals surface area contributed by atoms with Gasteiger partial charge < -0.3 is 4.90 Å². The van der Waals surface area contributed by atoms with E-state index in [4.69, 9.17) is 0 Å². The SMILES string of the molecule is CCC(C#N)C(c1cccc(Br)c1)N(C)C. The molecule has 0 N–H and O–H groups in total. The van der Waals surface area contributed by atoms with Crippen LogP contribution in [0.4, 0.5) is 0 Å². The fourth-order valence-electron chi connectivity index (χ4n) is 1.97. The Balaban J connectivity index is 3.08. The Labute approximate surface area is 106 Å². The first-order chi connectivity index (χ1) is 7.60. The van der Waals surface area contributed by atoms with Gasteiger partial charge in [0.2, 0.25) is 0 Å². The summed E-state index contributed by atoms with van der Waals surface area (Å²) in [5, 5.41) is 9.19. The van der Waals surface area contributed by atoms with Crippen molar-refractivity contribution in [3.8, 4) is 6.07 Å². The Bertz CT molecular complexity index is 382. The maximum absolute atomic E-state index is 9.19. The Morgan fingerprint density at radius 3 is 2.56 bits per heavy atom. The van der Waals surface area contributed by atoms with Crippen LogP contribution in [0.2, 0.25) is 0 Å². The summed E-state index contributed by atoms with van der Waals surface area (Å²) in [6, 6.07) is 10.7. The van der Waals surface area contributed by atoms with Crippen molar-refractivity contribution in [2.75, 3.05) is 14.1 Å². The summed E-state index contributed by atoms with van der Waals surface area (Å²) in [6.45, 7) is 2.06. The monoisotopic (exact) mass is 280 g/mol. The second-order valence-electron chi connectivity index (χ2n) is 4.11. The molecule has 0 aliphatic heterocycles. The van der Waals surface area contributed by atoms with E-state index in [1.54, 1.807) is 0 Å². The minimum atomic E-state index is 0.0318. The average molecular weight is 281 g/mol. The van der Waals surface area contributed by atoms with Crippen LogP contribution in [0.25, 0.3) is 0 Å². The summed E-state index contributed by atoms with van der Waals surface area (Å²) in [6.07, 6.45) is 0.867. The lowest BCUT2D eigenvalue weighted by Crippen LogP contribution is -2.26. The zero-order chi connectivity index (χ0) is 12.1. The molecule has 1 rings (SSSR count). The minimum absolute atomic E-state index is 0.0318. The second kappa shape index (κ2) is 6.03. The molecule has 1 aromatic rings. The number of rotatable bonds is 4. The van der Waals surface area contributed by atoms with Gasteiger partial charge in [0.25, 0.3) is 0 Å². The van der Waals surface area contributed by atoms with E-state index in [-0.39, 0.29) is 12.0 Å². The summed E-state index contributed by atoms with van der Waals surface area (Å²) < 4.78 is 1.06. The van der Waals surface area contributed by atoms with Crippen LogP contribution in [0.1, 0.15) is 24.9 Å². The van der Waals surface area contributed by atoms with E-state index >= 15 is 0 Å². The highest BCUT2D eigenvalue weighted by atomic mass is 79.9. The first-order valence-electron chi connectivity index (χ1n) is 5.41. The zero-order valence-corrected chi connectivity index (χ0v) is 11.5. The number of nitriles is 1. The lowest BCUT2D eigenvalue weighted by atomic mass is 9.91. The van der Waals surface area contributed by atoms with Crippen molar-refractivity contribution in [1.82, 2.24) is 4.90 Å². The van der Waals surface area contributed by atoms with Gasteiger partial charge in [0.05, 0.1) is 18.0 Å². The van der Waals surface area contributed by atoms with E-state index < -0.39 is 0 Å². The molecule has 0 heterocycles. The molecular formula is C13H17BrN2. The molecule has 86 valence electrons. The molecule has 0 aliphatic rings. The molecular weight excluding hydrogens is 264 g/mol. The molecule has 0 radical (unpaired) electrons. The number of benzene rings is 1. The van der Waals surface area contributed by atoms with Crippen molar-refractivity contribution in [3.63, 3.8) is 0 Å². The van der Waals surface area contributed by atoms with E-state index in [0.29, 0.717) is 0 Å². The second-order valence-corrected chi connectivity index (χ2v) is 5.02. The van der Waals surface area contributed by atoms with Gasteiger partial charge in [-0.15, -0.1) is 0 Å². The predicted molar refractivity (Wildman–Crippen MR) is 70.0 cm³/mol. The molecule has 0 saturated heterocycles. The Morgan fingerprint density at radius 2 is 2.12 bits per heavy atom. The maximum Gasteiger partial charge on any atom is 0.0675 e. The van der Waals surface area contributed by atoms with E-state index in [9.17, 15) is 5.26 Å². The summed E-state index contributed by atoms with van der Waals surface area (Å²) in [5.41, 5.74) is 1.19. The molecule has 16 heavy (non-hydrogen) atoms. The molecule has 1 aromatic carbocycles. The van der Waals surface area contributed by atoms with Crippen molar-refractivity contribution < 1.29 is 0 Å². The van der Waals surface area contributed by atoms with Crippen molar-refractivity contribution in [2.24, 2.45) is 5.92 Å². The molecule has 0 amide bonds. The molecule has 2 atom stereocenters. The van der Waals surface area contributed by atoms with Gasteiger partial charge in [-0.05, 0) is 38.2 Å². The fraction of sp³-hybridized carbons (Fsp3) is 0.462. The lowest BCUT2D eigenvalue weighted by molar-refractivity contribution is 0.241. The maximum atomic E-state index is 9.19. The number of nitrogens with zero attached hydrogens (tertiary/aromatic N) is 2. The number of hydrogen-bond acceptors (Lipinski definition) is 2. The molecule has 0 bridgehead atoms. The molecule has 3 heteroatoms. The van der Waals surface area contributed by atoms with Gasteiger partial charge in [-0.25, -0.2) is 0 Å². The van der Waals surface area contributed by atoms with Crippen molar-refractivity contribution in [3.05, 3.63) is 34.3 Å². The number of hydrogen-bond donors (Lipinski definition) is 0. The Kier molecular flexibility index (Phi) is 4.98. The van der Waals surface area contributed by atoms with Crippen molar-refractivity contribution >= 4 is 15.9 Å². The molecule has 0 aromatic heterocycles. The van der Waals surface area contributed by atoms with Crippen LogP contribution in [-0.2, 0) is 0 Å². The standard InChI is InChI=1S/C13H17BrN2/c1-4-10(9-15)13(16(2)3)11-6-5-7-12(14)8-11/h5-8,10,13H,4H2,1-3H3. The summed E-state index contributed by atoms with van der Waals surface area (Å²) in [5.74, 6) is 0.0318. The largest absolute Gasteiger partial charge is 0.301 e.